The highest BCUT2D eigenvalue weighted by molar-refractivity contribution is 6.33. The van der Waals surface area contributed by atoms with Crippen LogP contribution >= 0.6 is 11.6 Å². The van der Waals surface area contributed by atoms with Crippen LogP contribution in [0.25, 0.3) is 5.69 Å². The number of piperidine rings is 1. The van der Waals surface area contributed by atoms with Crippen LogP contribution in [0.5, 0.6) is 0 Å². The standard InChI is InChI=1S/C14H19ClN6/c1-2-20-7-5-11(6-8-20)17-14-9-12(3-4-13(14)15)21-10-16-18-19-21/h3-4,9-11,17H,2,5-8H2,1H3. The fourth-order valence-electron chi connectivity index (χ4n) is 2.66. The number of nitrogens with zero attached hydrogens (tertiary/aromatic N) is 5. The van der Waals surface area contributed by atoms with Crippen LogP contribution in [0.1, 0.15) is 19.8 Å². The van der Waals surface area contributed by atoms with E-state index in [1.165, 1.54) is 0 Å². The van der Waals surface area contributed by atoms with Crippen molar-refractivity contribution in [2.45, 2.75) is 25.8 Å². The highest BCUT2D eigenvalue weighted by Gasteiger charge is 2.18. The molecule has 0 bridgehead atoms. The number of hydrogen-bond donors (Lipinski definition) is 1. The Hall–Kier alpha value is -1.66. The van der Waals surface area contributed by atoms with Gasteiger partial charge < -0.3 is 10.2 Å². The summed E-state index contributed by atoms with van der Waals surface area (Å²) in [7, 11) is 0. The van der Waals surface area contributed by atoms with Gasteiger partial charge in [0.1, 0.15) is 6.33 Å². The maximum atomic E-state index is 6.30. The van der Waals surface area contributed by atoms with E-state index in [1.807, 2.05) is 18.2 Å². The molecule has 21 heavy (non-hydrogen) atoms. The second kappa shape index (κ2) is 6.41. The molecule has 1 N–H and O–H groups in total. The fraction of sp³-hybridized carbons (Fsp3) is 0.500. The summed E-state index contributed by atoms with van der Waals surface area (Å²) in [6.45, 7) is 5.61. The molecule has 0 aliphatic carbocycles. The molecule has 1 aromatic carbocycles. The highest BCUT2D eigenvalue weighted by Crippen LogP contribution is 2.27. The summed E-state index contributed by atoms with van der Waals surface area (Å²) in [4.78, 5) is 2.47. The first-order chi connectivity index (χ1) is 10.3. The molecule has 0 saturated carbocycles. The number of tetrazole rings is 1. The van der Waals surface area contributed by atoms with Gasteiger partial charge in [-0.2, -0.15) is 0 Å². The molecule has 0 unspecified atom stereocenters. The first-order valence-electron chi connectivity index (χ1n) is 7.28. The zero-order chi connectivity index (χ0) is 14.7. The Kier molecular flexibility index (Phi) is 4.36. The van der Waals surface area contributed by atoms with Crippen LogP contribution in [-0.4, -0.2) is 50.8 Å². The molecule has 2 aromatic rings. The Morgan fingerprint density at radius 3 is 2.81 bits per heavy atom. The minimum atomic E-state index is 0.467. The average molecular weight is 307 g/mol. The van der Waals surface area contributed by atoms with E-state index in [-0.39, 0.29) is 0 Å². The lowest BCUT2D eigenvalue weighted by molar-refractivity contribution is 0.229. The first kappa shape index (κ1) is 14.3. The van der Waals surface area contributed by atoms with E-state index in [2.05, 4.69) is 32.7 Å². The molecule has 1 saturated heterocycles. The van der Waals surface area contributed by atoms with E-state index in [9.17, 15) is 0 Å². The summed E-state index contributed by atoms with van der Waals surface area (Å²) >= 11 is 6.30. The summed E-state index contributed by atoms with van der Waals surface area (Å²) in [6.07, 6.45) is 3.85. The SMILES string of the molecule is CCN1CCC(Nc2cc(-n3cnnn3)ccc2Cl)CC1. The van der Waals surface area contributed by atoms with Crippen molar-refractivity contribution in [2.75, 3.05) is 25.0 Å². The van der Waals surface area contributed by atoms with Crippen molar-refractivity contribution in [3.63, 3.8) is 0 Å². The van der Waals surface area contributed by atoms with Crippen molar-refractivity contribution in [3.05, 3.63) is 29.5 Å². The normalized spacial score (nSPS) is 17.0. The van der Waals surface area contributed by atoms with Crippen molar-refractivity contribution in [3.8, 4) is 5.69 Å². The fourth-order valence-corrected chi connectivity index (χ4v) is 2.83. The number of rotatable bonds is 4. The van der Waals surface area contributed by atoms with E-state index in [4.69, 9.17) is 11.6 Å². The van der Waals surface area contributed by atoms with Gasteiger partial charge in [-0.25, -0.2) is 4.68 Å². The number of nitrogens with one attached hydrogen (secondary N) is 1. The van der Waals surface area contributed by atoms with Crippen LogP contribution in [0.3, 0.4) is 0 Å². The number of halogens is 1. The lowest BCUT2D eigenvalue weighted by atomic mass is 10.0. The summed E-state index contributed by atoms with van der Waals surface area (Å²) in [5, 5.41) is 15.5. The van der Waals surface area contributed by atoms with Gasteiger partial charge in [-0.3, -0.25) is 0 Å². The Labute approximate surface area is 129 Å². The van der Waals surface area contributed by atoms with Gasteiger partial charge in [-0.1, -0.05) is 18.5 Å². The van der Waals surface area contributed by atoms with Crippen LogP contribution in [0.2, 0.25) is 5.02 Å². The molecule has 0 radical (unpaired) electrons. The second-order valence-electron chi connectivity index (χ2n) is 5.27. The molecule has 1 aromatic heterocycles. The van der Waals surface area contributed by atoms with Crippen LogP contribution in [0, 0.1) is 0 Å². The van der Waals surface area contributed by atoms with Crippen molar-refractivity contribution in [1.29, 1.82) is 0 Å². The number of likely N-dealkylation sites (tertiary alicyclic amines) is 1. The number of benzene rings is 1. The average Bonchev–Trinajstić information content (AvgIpc) is 3.04. The third kappa shape index (κ3) is 3.33. The Morgan fingerprint density at radius 1 is 1.33 bits per heavy atom. The van der Waals surface area contributed by atoms with Gasteiger partial charge in [0, 0.05) is 19.1 Å². The molecule has 2 heterocycles. The Morgan fingerprint density at radius 2 is 2.14 bits per heavy atom. The molecule has 1 aliphatic heterocycles. The maximum absolute atomic E-state index is 6.30. The molecule has 0 spiro atoms. The summed E-state index contributed by atoms with van der Waals surface area (Å²) in [6, 6.07) is 6.24. The predicted molar refractivity (Wildman–Crippen MR) is 82.9 cm³/mol. The summed E-state index contributed by atoms with van der Waals surface area (Å²) in [5.41, 5.74) is 1.84. The van der Waals surface area contributed by atoms with Crippen LogP contribution < -0.4 is 5.32 Å². The van der Waals surface area contributed by atoms with Gasteiger partial charge in [-0.15, -0.1) is 5.10 Å². The largest absolute Gasteiger partial charge is 0.381 e. The third-order valence-electron chi connectivity index (χ3n) is 3.96. The van der Waals surface area contributed by atoms with Crippen LogP contribution in [0.15, 0.2) is 24.5 Å². The highest BCUT2D eigenvalue weighted by atomic mass is 35.5. The first-order valence-corrected chi connectivity index (χ1v) is 7.66. The second-order valence-corrected chi connectivity index (χ2v) is 5.68. The Balaban J connectivity index is 1.72. The maximum Gasteiger partial charge on any atom is 0.143 e. The Bertz CT molecular complexity index is 577. The van der Waals surface area contributed by atoms with E-state index >= 15 is 0 Å². The minimum Gasteiger partial charge on any atom is -0.381 e. The zero-order valence-electron chi connectivity index (χ0n) is 12.0. The van der Waals surface area contributed by atoms with Crippen LogP contribution in [-0.2, 0) is 0 Å². The predicted octanol–water partition coefficient (Wildman–Crippen LogP) is 2.21. The topological polar surface area (TPSA) is 58.9 Å². The molecule has 1 fully saturated rings. The van der Waals surface area contributed by atoms with E-state index < -0.39 is 0 Å². The van der Waals surface area contributed by atoms with Crippen molar-refractivity contribution >= 4 is 17.3 Å². The van der Waals surface area contributed by atoms with Crippen molar-refractivity contribution in [1.82, 2.24) is 25.1 Å². The summed E-state index contributed by atoms with van der Waals surface area (Å²) < 4.78 is 1.63. The lowest BCUT2D eigenvalue weighted by Crippen LogP contribution is -2.38. The molecule has 3 rings (SSSR count). The molecule has 0 amide bonds. The van der Waals surface area contributed by atoms with Gasteiger partial charge in [0.25, 0.3) is 0 Å². The smallest absolute Gasteiger partial charge is 0.143 e. The molecular formula is C14H19ClN6. The van der Waals surface area contributed by atoms with E-state index in [0.717, 1.165) is 48.9 Å². The van der Waals surface area contributed by atoms with Crippen LogP contribution in [0.4, 0.5) is 5.69 Å². The van der Waals surface area contributed by atoms with Gasteiger partial charge in [-0.05, 0) is 48.0 Å². The molecule has 7 heteroatoms. The van der Waals surface area contributed by atoms with Gasteiger partial charge in [0.2, 0.25) is 0 Å². The van der Waals surface area contributed by atoms with E-state index in [1.54, 1.807) is 11.0 Å². The zero-order valence-corrected chi connectivity index (χ0v) is 12.8. The third-order valence-corrected chi connectivity index (χ3v) is 4.29. The molecule has 112 valence electrons. The number of hydrogen-bond acceptors (Lipinski definition) is 5. The molecule has 6 nitrogen and oxygen atoms in total. The number of aromatic nitrogens is 4. The molecule has 0 atom stereocenters. The van der Waals surface area contributed by atoms with E-state index in [0.29, 0.717) is 6.04 Å². The summed E-state index contributed by atoms with van der Waals surface area (Å²) in [5.74, 6) is 0. The van der Waals surface area contributed by atoms with Gasteiger partial charge in [0.05, 0.1) is 16.4 Å². The minimum absolute atomic E-state index is 0.467. The van der Waals surface area contributed by atoms with Crippen molar-refractivity contribution in [2.24, 2.45) is 0 Å². The van der Waals surface area contributed by atoms with Gasteiger partial charge in [0.15, 0.2) is 0 Å². The number of anilines is 1. The van der Waals surface area contributed by atoms with Crippen molar-refractivity contribution < 1.29 is 0 Å². The lowest BCUT2D eigenvalue weighted by Gasteiger charge is -2.32. The van der Waals surface area contributed by atoms with Gasteiger partial charge >= 0.3 is 0 Å². The molecular weight excluding hydrogens is 288 g/mol. The molecule has 1 aliphatic rings. The monoisotopic (exact) mass is 306 g/mol. The quantitative estimate of drug-likeness (QED) is 0.938.